The molecule has 3 nitrogen and oxygen atoms in total. The highest BCUT2D eigenvalue weighted by molar-refractivity contribution is 6.31. The summed E-state index contributed by atoms with van der Waals surface area (Å²) in [6.07, 6.45) is 0.403. The van der Waals surface area contributed by atoms with Crippen LogP contribution >= 0.6 is 11.6 Å². The maximum atomic E-state index is 11.7. The van der Waals surface area contributed by atoms with Gasteiger partial charge in [-0.3, -0.25) is 4.79 Å². The van der Waals surface area contributed by atoms with Gasteiger partial charge in [-0.1, -0.05) is 17.7 Å². The molecule has 0 spiro atoms. The van der Waals surface area contributed by atoms with Gasteiger partial charge in [-0.15, -0.1) is 0 Å². The number of hydrogen-bond donors (Lipinski definition) is 0. The van der Waals surface area contributed by atoms with Crippen LogP contribution in [0.15, 0.2) is 18.2 Å². The van der Waals surface area contributed by atoms with Crippen molar-refractivity contribution >= 4 is 23.4 Å². The molecular weight excluding hydrogens is 228 g/mol. The van der Waals surface area contributed by atoms with E-state index < -0.39 is 11.6 Å². The van der Waals surface area contributed by atoms with Crippen molar-refractivity contribution in [3.63, 3.8) is 0 Å². The van der Waals surface area contributed by atoms with Crippen molar-refractivity contribution in [3.05, 3.63) is 34.3 Å². The Morgan fingerprint density at radius 1 is 1.50 bits per heavy atom. The number of benzene rings is 1. The quantitative estimate of drug-likeness (QED) is 0.706. The number of fused-ring (bicyclic) bond motifs is 1. The first kappa shape index (κ1) is 11.1. The SMILES string of the molecule is CC(=O)C1(C)Cc2ccc(Cl)cc2C(=O)O1. The van der Waals surface area contributed by atoms with Gasteiger partial charge in [0.2, 0.25) is 0 Å². The third-order valence-corrected chi connectivity index (χ3v) is 3.12. The molecule has 4 heteroatoms. The summed E-state index contributed by atoms with van der Waals surface area (Å²) in [5, 5.41) is 0.488. The Kier molecular flexibility index (Phi) is 2.50. The van der Waals surface area contributed by atoms with Gasteiger partial charge in [0.05, 0.1) is 5.56 Å². The number of Topliss-reactive ketones (excluding diaryl/α,β-unsaturated/α-hetero) is 1. The number of ether oxygens (including phenoxy) is 1. The topological polar surface area (TPSA) is 43.4 Å². The summed E-state index contributed by atoms with van der Waals surface area (Å²) in [5.41, 5.74) is 0.210. The van der Waals surface area contributed by atoms with Crippen LogP contribution in [0.5, 0.6) is 0 Å². The smallest absolute Gasteiger partial charge is 0.339 e. The lowest BCUT2D eigenvalue weighted by molar-refractivity contribution is -0.135. The summed E-state index contributed by atoms with van der Waals surface area (Å²) in [6, 6.07) is 5.04. The summed E-state index contributed by atoms with van der Waals surface area (Å²) >= 11 is 5.80. The molecule has 0 saturated heterocycles. The van der Waals surface area contributed by atoms with Crippen molar-refractivity contribution in [2.24, 2.45) is 0 Å². The molecule has 0 bridgehead atoms. The minimum Gasteiger partial charge on any atom is -0.447 e. The molecule has 2 rings (SSSR count). The maximum Gasteiger partial charge on any atom is 0.339 e. The Balaban J connectivity index is 2.49. The molecule has 16 heavy (non-hydrogen) atoms. The molecule has 0 aromatic heterocycles. The monoisotopic (exact) mass is 238 g/mol. The van der Waals surface area contributed by atoms with E-state index in [0.717, 1.165) is 5.56 Å². The van der Waals surface area contributed by atoms with Crippen LogP contribution in [0.1, 0.15) is 29.8 Å². The van der Waals surface area contributed by atoms with Gasteiger partial charge in [-0.2, -0.15) is 0 Å². The predicted molar refractivity (Wildman–Crippen MR) is 59.7 cm³/mol. The first-order valence-electron chi connectivity index (χ1n) is 4.95. The predicted octanol–water partition coefficient (Wildman–Crippen LogP) is 2.40. The molecule has 0 amide bonds. The van der Waals surface area contributed by atoms with E-state index in [9.17, 15) is 9.59 Å². The summed E-state index contributed by atoms with van der Waals surface area (Å²) in [6.45, 7) is 3.05. The molecular formula is C12H11ClO3. The van der Waals surface area contributed by atoms with Crippen molar-refractivity contribution in [2.45, 2.75) is 25.9 Å². The lowest BCUT2D eigenvalue weighted by atomic mass is 9.87. The van der Waals surface area contributed by atoms with Crippen molar-refractivity contribution in [2.75, 3.05) is 0 Å². The third-order valence-electron chi connectivity index (χ3n) is 2.88. The molecule has 0 N–H and O–H groups in total. The minimum atomic E-state index is -1.04. The zero-order valence-corrected chi connectivity index (χ0v) is 9.80. The number of ketones is 1. The van der Waals surface area contributed by atoms with Crippen LogP contribution in [0, 0.1) is 0 Å². The van der Waals surface area contributed by atoms with Crippen LogP contribution in [0.2, 0.25) is 5.02 Å². The van der Waals surface area contributed by atoms with Gasteiger partial charge in [0.25, 0.3) is 0 Å². The average molecular weight is 239 g/mol. The molecule has 0 radical (unpaired) electrons. The Morgan fingerprint density at radius 2 is 2.19 bits per heavy atom. The van der Waals surface area contributed by atoms with Gasteiger partial charge in [-0.05, 0) is 31.5 Å². The van der Waals surface area contributed by atoms with E-state index in [-0.39, 0.29) is 5.78 Å². The van der Waals surface area contributed by atoms with Crippen LogP contribution in [-0.4, -0.2) is 17.4 Å². The third kappa shape index (κ3) is 1.71. The Bertz CT molecular complexity index is 481. The summed E-state index contributed by atoms with van der Waals surface area (Å²) in [7, 11) is 0. The number of carbonyl (C=O) groups excluding carboxylic acids is 2. The highest BCUT2D eigenvalue weighted by atomic mass is 35.5. The van der Waals surface area contributed by atoms with E-state index in [1.807, 2.05) is 0 Å². The number of cyclic esters (lactones) is 1. The fraction of sp³-hybridized carbons (Fsp3) is 0.333. The van der Waals surface area contributed by atoms with Gasteiger partial charge < -0.3 is 4.74 Å². The average Bonchev–Trinajstić information content (AvgIpc) is 2.19. The van der Waals surface area contributed by atoms with Gasteiger partial charge >= 0.3 is 5.97 Å². The molecule has 1 aromatic rings. The minimum absolute atomic E-state index is 0.151. The normalized spacial score (nSPS) is 23.6. The first-order chi connectivity index (χ1) is 7.42. The van der Waals surface area contributed by atoms with Crippen LogP contribution in [0.4, 0.5) is 0 Å². The lowest BCUT2D eigenvalue weighted by Gasteiger charge is -2.32. The van der Waals surface area contributed by atoms with Crippen LogP contribution in [0.25, 0.3) is 0 Å². The number of hydrogen-bond acceptors (Lipinski definition) is 3. The van der Waals surface area contributed by atoms with Gasteiger partial charge in [0, 0.05) is 11.4 Å². The van der Waals surface area contributed by atoms with Crippen molar-refractivity contribution < 1.29 is 14.3 Å². The Morgan fingerprint density at radius 3 is 2.81 bits per heavy atom. The highest BCUT2D eigenvalue weighted by Crippen LogP contribution is 2.30. The van der Waals surface area contributed by atoms with Crippen molar-refractivity contribution in [1.82, 2.24) is 0 Å². The molecule has 0 saturated carbocycles. The summed E-state index contributed by atoms with van der Waals surface area (Å²) < 4.78 is 5.17. The molecule has 84 valence electrons. The van der Waals surface area contributed by atoms with Gasteiger partial charge in [-0.25, -0.2) is 4.79 Å². The van der Waals surface area contributed by atoms with E-state index in [1.54, 1.807) is 25.1 Å². The van der Waals surface area contributed by atoms with Crippen molar-refractivity contribution in [1.29, 1.82) is 0 Å². The second-order valence-electron chi connectivity index (χ2n) is 4.15. The molecule has 0 aliphatic carbocycles. The lowest BCUT2D eigenvalue weighted by Crippen LogP contribution is -2.44. The van der Waals surface area contributed by atoms with E-state index in [2.05, 4.69) is 0 Å². The molecule has 0 fully saturated rings. The zero-order valence-electron chi connectivity index (χ0n) is 9.04. The first-order valence-corrected chi connectivity index (χ1v) is 5.33. The van der Waals surface area contributed by atoms with Crippen LogP contribution in [-0.2, 0) is 16.0 Å². The fourth-order valence-corrected chi connectivity index (χ4v) is 1.92. The van der Waals surface area contributed by atoms with Crippen molar-refractivity contribution in [3.8, 4) is 0 Å². The number of halogens is 1. The molecule has 1 atom stereocenters. The fourth-order valence-electron chi connectivity index (χ4n) is 1.75. The largest absolute Gasteiger partial charge is 0.447 e. The second kappa shape index (κ2) is 3.59. The van der Waals surface area contributed by atoms with E-state index in [0.29, 0.717) is 17.0 Å². The zero-order chi connectivity index (χ0) is 11.9. The summed E-state index contributed by atoms with van der Waals surface area (Å²) in [4.78, 5) is 23.2. The van der Waals surface area contributed by atoms with E-state index in [4.69, 9.17) is 16.3 Å². The van der Waals surface area contributed by atoms with E-state index in [1.165, 1.54) is 6.92 Å². The van der Waals surface area contributed by atoms with Crippen LogP contribution < -0.4 is 0 Å². The maximum absolute atomic E-state index is 11.7. The molecule has 1 aliphatic heterocycles. The van der Waals surface area contributed by atoms with E-state index >= 15 is 0 Å². The Labute approximate surface area is 98.4 Å². The molecule has 1 unspecified atom stereocenters. The van der Waals surface area contributed by atoms with Crippen LogP contribution in [0.3, 0.4) is 0 Å². The molecule has 1 aliphatic rings. The number of carbonyl (C=O) groups is 2. The number of rotatable bonds is 1. The number of esters is 1. The molecule has 1 aromatic carbocycles. The van der Waals surface area contributed by atoms with Gasteiger partial charge in [0.1, 0.15) is 0 Å². The second-order valence-corrected chi connectivity index (χ2v) is 4.59. The standard InChI is InChI=1S/C12H11ClO3/c1-7(14)12(2)6-8-3-4-9(13)5-10(8)11(15)16-12/h3-5H,6H2,1-2H3. The Hall–Kier alpha value is -1.35. The summed E-state index contributed by atoms with van der Waals surface area (Å²) in [5.74, 6) is -0.636. The van der Waals surface area contributed by atoms with Gasteiger partial charge in [0.15, 0.2) is 11.4 Å². The molecule has 1 heterocycles. The highest BCUT2D eigenvalue weighted by Gasteiger charge is 2.40.